The Morgan fingerprint density at radius 3 is 2.44 bits per heavy atom. The number of hydrogen-bond donors (Lipinski definition) is 2. The molecule has 3 rings (SSSR count). The van der Waals surface area contributed by atoms with E-state index >= 15 is 0 Å². The van der Waals surface area contributed by atoms with Crippen LogP contribution in [0.4, 0.5) is 15.9 Å². The smallest absolute Gasteiger partial charge is 0.275 e. The van der Waals surface area contributed by atoms with Gasteiger partial charge in [-0.25, -0.2) is 14.4 Å². The van der Waals surface area contributed by atoms with E-state index in [-0.39, 0.29) is 17.4 Å². The number of hydrogen-bond acceptors (Lipinski definition) is 4. The standard InChI is InChI=1S/C21H21FN4O/c1-14-3-8-18(11-15(14)2)26-21(27)19-12-25-20(13-24-19)23-10-9-16-4-6-17(22)7-5-16/h3-8,11-13H,9-10H2,1-2H3,(H,23,25)(H,26,27). The summed E-state index contributed by atoms with van der Waals surface area (Å²) in [6, 6.07) is 12.1. The molecule has 0 saturated heterocycles. The van der Waals surface area contributed by atoms with E-state index in [1.54, 1.807) is 12.1 Å². The number of aryl methyl sites for hydroxylation is 2. The third kappa shape index (κ3) is 5.10. The zero-order chi connectivity index (χ0) is 19.2. The van der Waals surface area contributed by atoms with Crippen molar-refractivity contribution >= 4 is 17.4 Å². The molecular weight excluding hydrogens is 343 g/mol. The van der Waals surface area contributed by atoms with Gasteiger partial charge in [-0.15, -0.1) is 0 Å². The van der Waals surface area contributed by atoms with E-state index < -0.39 is 0 Å². The first kappa shape index (κ1) is 18.5. The van der Waals surface area contributed by atoms with Gasteiger partial charge in [0.05, 0.1) is 12.4 Å². The molecule has 0 fully saturated rings. The molecular formula is C21H21FN4O. The Balaban J connectivity index is 1.53. The number of carbonyl (C=O) groups is 1. The molecule has 1 amide bonds. The molecule has 138 valence electrons. The lowest BCUT2D eigenvalue weighted by molar-refractivity contribution is 0.102. The number of halogens is 1. The highest BCUT2D eigenvalue weighted by Gasteiger charge is 2.09. The maximum absolute atomic E-state index is 12.9. The Morgan fingerprint density at radius 1 is 1.00 bits per heavy atom. The van der Waals surface area contributed by atoms with Gasteiger partial charge in [0.1, 0.15) is 17.3 Å². The second kappa shape index (κ2) is 8.40. The summed E-state index contributed by atoms with van der Waals surface area (Å²) >= 11 is 0. The topological polar surface area (TPSA) is 66.9 Å². The molecule has 0 atom stereocenters. The van der Waals surface area contributed by atoms with Crippen LogP contribution in [0.5, 0.6) is 0 Å². The van der Waals surface area contributed by atoms with Crippen LogP contribution in [-0.2, 0) is 6.42 Å². The summed E-state index contributed by atoms with van der Waals surface area (Å²) in [6.07, 6.45) is 3.70. The molecule has 0 aliphatic carbocycles. The molecule has 1 aromatic heterocycles. The van der Waals surface area contributed by atoms with Gasteiger partial charge >= 0.3 is 0 Å². The average molecular weight is 364 g/mol. The Labute approximate surface area is 157 Å². The van der Waals surface area contributed by atoms with Crippen LogP contribution < -0.4 is 10.6 Å². The third-order valence-electron chi connectivity index (χ3n) is 4.28. The van der Waals surface area contributed by atoms with Crippen molar-refractivity contribution in [1.29, 1.82) is 0 Å². The Bertz CT molecular complexity index is 924. The first-order chi connectivity index (χ1) is 13.0. The lowest BCUT2D eigenvalue weighted by Gasteiger charge is -2.08. The summed E-state index contributed by atoms with van der Waals surface area (Å²) in [6.45, 7) is 4.65. The zero-order valence-electron chi connectivity index (χ0n) is 15.3. The largest absolute Gasteiger partial charge is 0.368 e. The van der Waals surface area contributed by atoms with Crippen molar-refractivity contribution in [2.45, 2.75) is 20.3 Å². The summed E-state index contributed by atoms with van der Waals surface area (Å²) in [4.78, 5) is 20.7. The molecule has 0 saturated carbocycles. The summed E-state index contributed by atoms with van der Waals surface area (Å²) in [5, 5.41) is 5.96. The second-order valence-electron chi connectivity index (χ2n) is 6.34. The van der Waals surface area contributed by atoms with Gasteiger partial charge in [0.25, 0.3) is 5.91 Å². The number of nitrogens with one attached hydrogen (secondary N) is 2. The molecule has 2 N–H and O–H groups in total. The van der Waals surface area contributed by atoms with Gasteiger partial charge in [0.2, 0.25) is 0 Å². The molecule has 1 heterocycles. The molecule has 0 aliphatic rings. The van der Waals surface area contributed by atoms with Crippen LogP contribution in [0, 0.1) is 19.7 Å². The van der Waals surface area contributed by atoms with E-state index in [1.165, 1.54) is 30.1 Å². The highest BCUT2D eigenvalue weighted by molar-refractivity contribution is 6.02. The van der Waals surface area contributed by atoms with Crippen molar-refractivity contribution in [3.8, 4) is 0 Å². The van der Waals surface area contributed by atoms with E-state index in [1.807, 2.05) is 32.0 Å². The lowest BCUT2D eigenvalue weighted by Crippen LogP contribution is -2.15. The third-order valence-corrected chi connectivity index (χ3v) is 4.28. The van der Waals surface area contributed by atoms with E-state index in [2.05, 4.69) is 20.6 Å². The predicted octanol–water partition coefficient (Wildman–Crippen LogP) is 4.14. The van der Waals surface area contributed by atoms with Gasteiger partial charge in [0, 0.05) is 12.2 Å². The van der Waals surface area contributed by atoms with Gasteiger partial charge in [-0.1, -0.05) is 18.2 Å². The first-order valence-electron chi connectivity index (χ1n) is 8.70. The van der Waals surface area contributed by atoms with Crippen LogP contribution in [0.3, 0.4) is 0 Å². The van der Waals surface area contributed by atoms with Gasteiger partial charge in [-0.3, -0.25) is 4.79 Å². The minimum atomic E-state index is -0.302. The van der Waals surface area contributed by atoms with Crippen molar-refractivity contribution < 1.29 is 9.18 Å². The number of rotatable bonds is 6. The highest BCUT2D eigenvalue weighted by Crippen LogP contribution is 2.15. The maximum Gasteiger partial charge on any atom is 0.275 e. The zero-order valence-corrected chi connectivity index (χ0v) is 15.3. The monoisotopic (exact) mass is 364 g/mol. The number of carbonyl (C=O) groups excluding carboxylic acids is 1. The minimum absolute atomic E-state index is 0.243. The van der Waals surface area contributed by atoms with Gasteiger partial charge in [-0.2, -0.15) is 0 Å². The number of aromatic nitrogens is 2. The Kier molecular flexibility index (Phi) is 5.76. The fraction of sp³-hybridized carbons (Fsp3) is 0.190. The Morgan fingerprint density at radius 2 is 1.78 bits per heavy atom. The number of benzene rings is 2. The van der Waals surface area contributed by atoms with Crippen LogP contribution in [0.2, 0.25) is 0 Å². The van der Waals surface area contributed by atoms with Crippen molar-refractivity contribution in [3.05, 3.63) is 83.1 Å². The average Bonchev–Trinajstić information content (AvgIpc) is 2.67. The summed E-state index contributed by atoms with van der Waals surface area (Å²) in [7, 11) is 0. The lowest BCUT2D eigenvalue weighted by atomic mass is 10.1. The number of nitrogens with zero attached hydrogens (tertiary/aromatic N) is 2. The fourth-order valence-electron chi connectivity index (χ4n) is 2.54. The molecule has 5 nitrogen and oxygen atoms in total. The maximum atomic E-state index is 12.9. The van der Waals surface area contributed by atoms with Crippen molar-refractivity contribution in [2.24, 2.45) is 0 Å². The normalized spacial score (nSPS) is 10.5. The van der Waals surface area contributed by atoms with Crippen LogP contribution >= 0.6 is 0 Å². The van der Waals surface area contributed by atoms with Crippen molar-refractivity contribution in [1.82, 2.24) is 9.97 Å². The summed E-state index contributed by atoms with van der Waals surface area (Å²) in [5.74, 6) is 0.0377. The molecule has 2 aromatic carbocycles. The van der Waals surface area contributed by atoms with Crippen molar-refractivity contribution in [3.63, 3.8) is 0 Å². The fourth-order valence-corrected chi connectivity index (χ4v) is 2.54. The van der Waals surface area contributed by atoms with E-state index in [9.17, 15) is 9.18 Å². The quantitative estimate of drug-likeness (QED) is 0.690. The second-order valence-corrected chi connectivity index (χ2v) is 6.34. The summed E-state index contributed by atoms with van der Waals surface area (Å²) in [5.41, 5.74) is 4.29. The van der Waals surface area contributed by atoms with Crippen LogP contribution in [-0.4, -0.2) is 22.4 Å². The molecule has 6 heteroatoms. The first-order valence-corrected chi connectivity index (χ1v) is 8.70. The minimum Gasteiger partial charge on any atom is -0.368 e. The van der Waals surface area contributed by atoms with E-state index in [0.717, 1.165) is 23.2 Å². The van der Waals surface area contributed by atoms with Gasteiger partial charge in [0.15, 0.2) is 0 Å². The van der Waals surface area contributed by atoms with Crippen molar-refractivity contribution in [2.75, 3.05) is 17.2 Å². The van der Waals surface area contributed by atoms with E-state index in [4.69, 9.17) is 0 Å². The SMILES string of the molecule is Cc1ccc(NC(=O)c2cnc(NCCc3ccc(F)cc3)cn2)cc1C. The molecule has 0 aliphatic heterocycles. The van der Waals surface area contributed by atoms with Crippen LogP contribution in [0.1, 0.15) is 27.2 Å². The molecule has 27 heavy (non-hydrogen) atoms. The van der Waals surface area contributed by atoms with Gasteiger partial charge in [-0.05, 0) is 61.2 Å². The highest BCUT2D eigenvalue weighted by atomic mass is 19.1. The van der Waals surface area contributed by atoms with Crippen LogP contribution in [0.15, 0.2) is 54.9 Å². The molecule has 3 aromatic rings. The molecule has 0 bridgehead atoms. The summed E-state index contributed by atoms with van der Waals surface area (Å²) < 4.78 is 12.9. The van der Waals surface area contributed by atoms with Gasteiger partial charge < -0.3 is 10.6 Å². The van der Waals surface area contributed by atoms with Crippen LogP contribution in [0.25, 0.3) is 0 Å². The molecule has 0 spiro atoms. The molecule has 0 unspecified atom stereocenters. The molecule has 0 radical (unpaired) electrons. The number of amides is 1. The number of anilines is 2. The Hall–Kier alpha value is -3.28. The predicted molar refractivity (Wildman–Crippen MR) is 104 cm³/mol. The van der Waals surface area contributed by atoms with E-state index in [0.29, 0.717) is 12.4 Å².